The van der Waals surface area contributed by atoms with Crippen LogP contribution in [-0.2, 0) is 11.8 Å². The molecule has 0 aliphatic heterocycles. The molecule has 0 fully saturated rings. The van der Waals surface area contributed by atoms with Crippen LogP contribution in [-0.4, -0.2) is 22.4 Å². The SMILES string of the molecule is CC(C)c1nc(NCCc2cccc(C(N)=O)c2)cc(C(C)(C)C)n1. The molecule has 0 radical (unpaired) electrons. The second-order valence-corrected chi connectivity index (χ2v) is 7.64. The molecule has 2 rings (SSSR count). The normalized spacial score (nSPS) is 11.6. The zero-order chi connectivity index (χ0) is 18.6. The maximum absolute atomic E-state index is 11.3. The second-order valence-electron chi connectivity index (χ2n) is 7.64. The molecule has 0 atom stereocenters. The van der Waals surface area contributed by atoms with Gasteiger partial charge >= 0.3 is 0 Å². The third kappa shape index (κ3) is 5.28. The number of nitrogens with one attached hydrogen (secondary N) is 1. The van der Waals surface area contributed by atoms with Crippen LogP contribution in [0.2, 0.25) is 0 Å². The number of primary amides is 1. The van der Waals surface area contributed by atoms with Crippen LogP contribution in [0, 0.1) is 0 Å². The van der Waals surface area contributed by atoms with E-state index in [0.717, 1.165) is 35.9 Å². The van der Waals surface area contributed by atoms with E-state index in [9.17, 15) is 4.79 Å². The third-order valence-electron chi connectivity index (χ3n) is 3.96. The van der Waals surface area contributed by atoms with Crippen molar-refractivity contribution in [3.63, 3.8) is 0 Å². The van der Waals surface area contributed by atoms with E-state index in [1.807, 2.05) is 24.3 Å². The number of hydrogen-bond acceptors (Lipinski definition) is 4. The summed E-state index contributed by atoms with van der Waals surface area (Å²) >= 11 is 0. The third-order valence-corrected chi connectivity index (χ3v) is 3.96. The average molecular weight is 340 g/mol. The molecule has 0 spiro atoms. The summed E-state index contributed by atoms with van der Waals surface area (Å²) in [5.74, 6) is 1.57. The van der Waals surface area contributed by atoms with Crippen molar-refractivity contribution in [2.24, 2.45) is 5.73 Å². The molecule has 0 aliphatic rings. The van der Waals surface area contributed by atoms with Crippen molar-refractivity contribution in [1.29, 1.82) is 0 Å². The lowest BCUT2D eigenvalue weighted by molar-refractivity contribution is 0.1000. The molecule has 134 valence electrons. The number of aromatic nitrogens is 2. The summed E-state index contributed by atoms with van der Waals surface area (Å²) in [6.45, 7) is 11.4. The first-order valence-electron chi connectivity index (χ1n) is 8.69. The molecule has 1 amide bonds. The molecule has 2 aromatic rings. The fourth-order valence-corrected chi connectivity index (χ4v) is 2.41. The number of carbonyl (C=O) groups excluding carboxylic acids is 1. The highest BCUT2D eigenvalue weighted by Crippen LogP contribution is 2.24. The average Bonchev–Trinajstić information content (AvgIpc) is 2.54. The lowest BCUT2D eigenvalue weighted by Crippen LogP contribution is -2.18. The van der Waals surface area contributed by atoms with Gasteiger partial charge in [-0.3, -0.25) is 4.79 Å². The number of benzene rings is 1. The van der Waals surface area contributed by atoms with Crippen molar-refractivity contribution in [3.05, 3.63) is 53.0 Å². The summed E-state index contributed by atoms with van der Waals surface area (Å²) in [6.07, 6.45) is 0.785. The second kappa shape index (κ2) is 7.64. The van der Waals surface area contributed by atoms with Gasteiger partial charge in [0, 0.05) is 29.5 Å². The predicted molar refractivity (Wildman–Crippen MR) is 102 cm³/mol. The van der Waals surface area contributed by atoms with Gasteiger partial charge in [-0.2, -0.15) is 0 Å². The van der Waals surface area contributed by atoms with Crippen molar-refractivity contribution >= 4 is 11.7 Å². The first kappa shape index (κ1) is 18.9. The van der Waals surface area contributed by atoms with E-state index in [4.69, 9.17) is 10.7 Å². The van der Waals surface area contributed by atoms with Gasteiger partial charge in [0.15, 0.2) is 0 Å². The summed E-state index contributed by atoms with van der Waals surface area (Å²) in [6, 6.07) is 9.44. The molecule has 1 heterocycles. The minimum absolute atomic E-state index is 0.0289. The van der Waals surface area contributed by atoms with Gasteiger partial charge in [0.2, 0.25) is 5.91 Å². The van der Waals surface area contributed by atoms with Crippen LogP contribution in [0.1, 0.15) is 68.0 Å². The molecule has 0 unspecified atom stereocenters. The van der Waals surface area contributed by atoms with Gasteiger partial charge in [0.05, 0.1) is 5.69 Å². The Morgan fingerprint density at radius 1 is 1.20 bits per heavy atom. The van der Waals surface area contributed by atoms with Gasteiger partial charge in [0.1, 0.15) is 11.6 Å². The highest BCUT2D eigenvalue weighted by atomic mass is 16.1. The lowest BCUT2D eigenvalue weighted by Gasteiger charge is -2.20. The Morgan fingerprint density at radius 3 is 2.52 bits per heavy atom. The quantitative estimate of drug-likeness (QED) is 0.841. The molecule has 5 nitrogen and oxygen atoms in total. The van der Waals surface area contributed by atoms with Crippen LogP contribution in [0.25, 0.3) is 0 Å². The Labute approximate surface area is 150 Å². The number of nitrogens with zero attached hydrogens (tertiary/aromatic N) is 2. The highest BCUT2D eigenvalue weighted by molar-refractivity contribution is 5.92. The fraction of sp³-hybridized carbons (Fsp3) is 0.450. The Morgan fingerprint density at radius 2 is 1.92 bits per heavy atom. The molecule has 1 aromatic heterocycles. The summed E-state index contributed by atoms with van der Waals surface area (Å²) in [5, 5.41) is 3.38. The molecule has 5 heteroatoms. The molecule has 3 N–H and O–H groups in total. The highest BCUT2D eigenvalue weighted by Gasteiger charge is 2.18. The molecular weight excluding hydrogens is 312 g/mol. The Balaban J connectivity index is 2.11. The van der Waals surface area contributed by atoms with Crippen molar-refractivity contribution in [1.82, 2.24) is 9.97 Å². The minimum atomic E-state index is -0.401. The number of rotatable bonds is 6. The molecule has 0 bridgehead atoms. The first-order valence-corrected chi connectivity index (χ1v) is 8.69. The maximum Gasteiger partial charge on any atom is 0.248 e. The van der Waals surface area contributed by atoms with E-state index in [1.165, 1.54) is 0 Å². The van der Waals surface area contributed by atoms with Crippen molar-refractivity contribution < 1.29 is 4.79 Å². The predicted octanol–water partition coefficient (Wildman–Crippen LogP) is 3.65. The largest absolute Gasteiger partial charge is 0.370 e. The van der Waals surface area contributed by atoms with Crippen molar-refractivity contribution in [3.8, 4) is 0 Å². The van der Waals surface area contributed by atoms with E-state index < -0.39 is 5.91 Å². The van der Waals surface area contributed by atoms with Crippen LogP contribution >= 0.6 is 0 Å². The van der Waals surface area contributed by atoms with Crippen molar-refractivity contribution in [2.45, 2.75) is 52.4 Å². The molecule has 0 saturated heterocycles. The Bertz CT molecular complexity index is 748. The topological polar surface area (TPSA) is 80.9 Å². The van der Waals surface area contributed by atoms with Gasteiger partial charge in [-0.15, -0.1) is 0 Å². The zero-order valence-corrected chi connectivity index (χ0v) is 15.8. The lowest BCUT2D eigenvalue weighted by atomic mass is 9.91. The number of amides is 1. The maximum atomic E-state index is 11.3. The zero-order valence-electron chi connectivity index (χ0n) is 15.8. The summed E-state index contributed by atoms with van der Waals surface area (Å²) in [4.78, 5) is 20.6. The van der Waals surface area contributed by atoms with Gasteiger partial charge in [0.25, 0.3) is 0 Å². The van der Waals surface area contributed by atoms with Crippen LogP contribution in [0.5, 0.6) is 0 Å². The number of anilines is 1. The minimum Gasteiger partial charge on any atom is -0.370 e. The smallest absolute Gasteiger partial charge is 0.248 e. The van der Waals surface area contributed by atoms with Crippen LogP contribution < -0.4 is 11.1 Å². The molecule has 25 heavy (non-hydrogen) atoms. The number of nitrogens with two attached hydrogens (primary N) is 1. The van der Waals surface area contributed by atoms with Gasteiger partial charge in [-0.25, -0.2) is 9.97 Å². The summed E-state index contributed by atoms with van der Waals surface area (Å²) < 4.78 is 0. The van der Waals surface area contributed by atoms with Crippen molar-refractivity contribution in [2.75, 3.05) is 11.9 Å². The molecule has 1 aromatic carbocycles. The summed E-state index contributed by atoms with van der Waals surface area (Å²) in [5.41, 5.74) is 7.94. The number of carbonyl (C=O) groups is 1. The van der Waals surface area contributed by atoms with Crippen LogP contribution in [0.4, 0.5) is 5.82 Å². The van der Waals surface area contributed by atoms with Gasteiger partial charge < -0.3 is 11.1 Å². The summed E-state index contributed by atoms with van der Waals surface area (Å²) in [7, 11) is 0. The fourth-order valence-electron chi connectivity index (χ4n) is 2.41. The van der Waals surface area contributed by atoms with Gasteiger partial charge in [-0.1, -0.05) is 46.8 Å². The number of hydrogen-bond donors (Lipinski definition) is 2. The van der Waals surface area contributed by atoms with E-state index >= 15 is 0 Å². The Kier molecular flexibility index (Phi) is 5.77. The van der Waals surface area contributed by atoms with Crippen LogP contribution in [0.15, 0.2) is 30.3 Å². The first-order chi connectivity index (χ1) is 11.7. The van der Waals surface area contributed by atoms with E-state index in [0.29, 0.717) is 5.56 Å². The molecule has 0 saturated carbocycles. The van der Waals surface area contributed by atoms with E-state index in [1.54, 1.807) is 6.07 Å². The van der Waals surface area contributed by atoms with E-state index in [-0.39, 0.29) is 11.3 Å². The monoisotopic (exact) mass is 340 g/mol. The standard InChI is InChI=1S/C20H28N4O/c1-13(2)19-23-16(20(3,4)5)12-17(24-19)22-10-9-14-7-6-8-15(11-14)18(21)25/h6-8,11-13H,9-10H2,1-5H3,(H2,21,25)(H,22,23,24). The van der Waals surface area contributed by atoms with E-state index in [2.05, 4.69) is 44.9 Å². The molecular formula is C20H28N4O. The molecule has 0 aliphatic carbocycles. The van der Waals surface area contributed by atoms with Gasteiger partial charge in [-0.05, 0) is 24.1 Å². The van der Waals surface area contributed by atoms with Crippen LogP contribution in [0.3, 0.4) is 0 Å². The Hall–Kier alpha value is -2.43.